The second kappa shape index (κ2) is 11.0. The number of likely N-dealkylation sites (N-methyl/N-ethyl adjacent to an activating group) is 1. The van der Waals surface area contributed by atoms with Crippen molar-refractivity contribution in [1.82, 2.24) is 24.8 Å². The molecule has 0 aliphatic carbocycles. The zero-order valence-electron chi connectivity index (χ0n) is 19.9. The number of carbonyl (C=O) groups excluding carboxylic acids is 1. The molecule has 178 valence electrons. The predicted octanol–water partition coefficient (Wildman–Crippen LogP) is 2.86. The van der Waals surface area contributed by atoms with Gasteiger partial charge < -0.3 is 15.4 Å². The molecule has 1 aromatic carbocycles. The Kier molecular flexibility index (Phi) is 8.05. The van der Waals surface area contributed by atoms with Crippen molar-refractivity contribution in [2.45, 2.75) is 46.6 Å². The Morgan fingerprint density at radius 3 is 2.48 bits per heavy atom. The number of carbonyl (C=O) groups is 1. The van der Waals surface area contributed by atoms with Crippen molar-refractivity contribution in [2.24, 2.45) is 0 Å². The molecule has 0 radical (unpaired) electrons. The Balaban J connectivity index is 1.72. The van der Waals surface area contributed by atoms with E-state index < -0.39 is 11.5 Å². The standard InChI is InChI=1S/C23H33N7O3/c1-6-24-11-12-25-23-27-19-20(30(23)15(4)5)28-22(29-21(19)32)26-18(31)13-33-17-9-7-16(8-10-17)14(2)3/h7-10,14-15,24H,6,11-13H2,1-5H3,(H,25,27)(H2,26,28,29,31,32). The average Bonchev–Trinajstić information content (AvgIpc) is 3.14. The van der Waals surface area contributed by atoms with Gasteiger partial charge in [0.1, 0.15) is 5.75 Å². The molecule has 33 heavy (non-hydrogen) atoms. The predicted molar refractivity (Wildman–Crippen MR) is 130 cm³/mol. The third kappa shape index (κ3) is 6.10. The molecule has 4 N–H and O–H groups in total. The summed E-state index contributed by atoms with van der Waals surface area (Å²) < 4.78 is 7.40. The number of rotatable bonds is 11. The number of amides is 1. The number of imidazole rings is 1. The van der Waals surface area contributed by atoms with Crippen LogP contribution in [-0.4, -0.2) is 51.7 Å². The number of hydrogen-bond acceptors (Lipinski definition) is 7. The quantitative estimate of drug-likeness (QED) is 0.328. The summed E-state index contributed by atoms with van der Waals surface area (Å²) in [6.45, 7) is 12.3. The fraction of sp³-hybridized carbons (Fsp3) is 0.478. The van der Waals surface area contributed by atoms with Crippen molar-refractivity contribution >= 4 is 29.0 Å². The molecule has 10 nitrogen and oxygen atoms in total. The maximum absolute atomic E-state index is 12.6. The third-order valence-electron chi connectivity index (χ3n) is 5.08. The van der Waals surface area contributed by atoms with Gasteiger partial charge in [-0.3, -0.25) is 24.5 Å². The number of benzene rings is 1. The molecule has 0 aliphatic heterocycles. The van der Waals surface area contributed by atoms with E-state index in [0.29, 0.717) is 29.8 Å². The summed E-state index contributed by atoms with van der Waals surface area (Å²) in [5, 5.41) is 9.08. The molecule has 3 rings (SSSR count). The molecule has 0 bridgehead atoms. The van der Waals surface area contributed by atoms with Gasteiger partial charge in [0.2, 0.25) is 11.9 Å². The Morgan fingerprint density at radius 2 is 1.85 bits per heavy atom. The van der Waals surface area contributed by atoms with Gasteiger partial charge in [0, 0.05) is 19.1 Å². The van der Waals surface area contributed by atoms with E-state index in [9.17, 15) is 9.59 Å². The van der Waals surface area contributed by atoms with Gasteiger partial charge in [-0.05, 0) is 44.0 Å². The van der Waals surface area contributed by atoms with Crippen LogP contribution in [0.1, 0.15) is 52.1 Å². The lowest BCUT2D eigenvalue weighted by Crippen LogP contribution is -2.24. The average molecular weight is 456 g/mol. The molecule has 0 atom stereocenters. The minimum atomic E-state index is -0.426. The molecule has 2 aromatic heterocycles. The maximum Gasteiger partial charge on any atom is 0.280 e. The minimum Gasteiger partial charge on any atom is -0.484 e. The molecule has 0 unspecified atom stereocenters. The molecule has 0 spiro atoms. The number of H-pyrrole nitrogens is 1. The van der Waals surface area contributed by atoms with Crippen LogP contribution in [0.2, 0.25) is 0 Å². The van der Waals surface area contributed by atoms with E-state index >= 15 is 0 Å². The Morgan fingerprint density at radius 1 is 1.12 bits per heavy atom. The summed E-state index contributed by atoms with van der Waals surface area (Å²) in [6.07, 6.45) is 0. The second-order valence-electron chi connectivity index (χ2n) is 8.33. The monoisotopic (exact) mass is 455 g/mol. The lowest BCUT2D eigenvalue weighted by Gasteiger charge is -2.14. The lowest BCUT2D eigenvalue weighted by atomic mass is 10.0. The molecule has 1 amide bonds. The molecule has 10 heteroatoms. The first kappa shape index (κ1) is 24.2. The fourth-order valence-electron chi connectivity index (χ4n) is 3.36. The molecule has 2 heterocycles. The normalized spacial score (nSPS) is 11.4. The highest BCUT2D eigenvalue weighted by molar-refractivity contribution is 5.91. The second-order valence-corrected chi connectivity index (χ2v) is 8.33. The zero-order chi connectivity index (χ0) is 24.0. The van der Waals surface area contributed by atoms with Crippen molar-refractivity contribution in [1.29, 1.82) is 0 Å². The lowest BCUT2D eigenvalue weighted by molar-refractivity contribution is -0.118. The molecule has 0 aliphatic rings. The molecule has 0 fully saturated rings. The van der Waals surface area contributed by atoms with Crippen LogP contribution in [0.15, 0.2) is 29.1 Å². The van der Waals surface area contributed by atoms with Gasteiger partial charge in [0.15, 0.2) is 17.8 Å². The summed E-state index contributed by atoms with van der Waals surface area (Å²) in [6, 6.07) is 7.62. The van der Waals surface area contributed by atoms with Gasteiger partial charge >= 0.3 is 0 Å². The summed E-state index contributed by atoms with van der Waals surface area (Å²) in [5.41, 5.74) is 1.39. The van der Waals surface area contributed by atoms with Crippen LogP contribution in [-0.2, 0) is 4.79 Å². The van der Waals surface area contributed by atoms with E-state index in [1.165, 1.54) is 5.56 Å². The summed E-state index contributed by atoms with van der Waals surface area (Å²) in [5.74, 6) is 1.20. The number of nitrogens with zero attached hydrogens (tertiary/aromatic N) is 3. The topological polar surface area (TPSA) is 126 Å². The van der Waals surface area contributed by atoms with Crippen molar-refractivity contribution in [3.05, 3.63) is 40.2 Å². The molecule has 0 saturated heterocycles. The van der Waals surface area contributed by atoms with Crippen molar-refractivity contribution < 1.29 is 9.53 Å². The van der Waals surface area contributed by atoms with Crippen LogP contribution in [0.4, 0.5) is 11.9 Å². The smallest absolute Gasteiger partial charge is 0.280 e. The highest BCUT2D eigenvalue weighted by Gasteiger charge is 2.18. The summed E-state index contributed by atoms with van der Waals surface area (Å²) in [4.78, 5) is 36.5. The van der Waals surface area contributed by atoms with Crippen LogP contribution in [0, 0.1) is 0 Å². The summed E-state index contributed by atoms with van der Waals surface area (Å²) >= 11 is 0. The number of hydrogen-bond donors (Lipinski definition) is 4. The van der Waals surface area contributed by atoms with Gasteiger partial charge in [-0.15, -0.1) is 0 Å². The first-order valence-electron chi connectivity index (χ1n) is 11.3. The van der Waals surface area contributed by atoms with Gasteiger partial charge in [-0.2, -0.15) is 4.98 Å². The molecule has 0 saturated carbocycles. The van der Waals surface area contributed by atoms with E-state index in [0.717, 1.165) is 13.1 Å². The van der Waals surface area contributed by atoms with Crippen LogP contribution in [0.5, 0.6) is 5.75 Å². The molecule has 3 aromatic rings. The van der Waals surface area contributed by atoms with E-state index in [-0.39, 0.29) is 24.1 Å². The van der Waals surface area contributed by atoms with E-state index in [2.05, 4.69) is 44.7 Å². The van der Waals surface area contributed by atoms with Crippen LogP contribution in [0.3, 0.4) is 0 Å². The number of aromatic nitrogens is 4. The Hall–Kier alpha value is -3.40. The van der Waals surface area contributed by atoms with Gasteiger partial charge in [0.25, 0.3) is 11.5 Å². The Bertz CT molecular complexity index is 1130. The van der Waals surface area contributed by atoms with Crippen LogP contribution >= 0.6 is 0 Å². The number of aromatic amines is 1. The Labute approximate surface area is 193 Å². The number of fused-ring (bicyclic) bond motifs is 1. The zero-order valence-corrected chi connectivity index (χ0v) is 19.9. The highest BCUT2D eigenvalue weighted by atomic mass is 16.5. The number of nitrogens with one attached hydrogen (secondary N) is 4. The van der Waals surface area contributed by atoms with E-state index in [1.807, 2.05) is 49.6 Å². The van der Waals surface area contributed by atoms with Crippen molar-refractivity contribution in [3.8, 4) is 5.75 Å². The van der Waals surface area contributed by atoms with Crippen molar-refractivity contribution in [2.75, 3.05) is 36.9 Å². The SMILES string of the molecule is CCNCCNc1nc2c(=O)[nH]c(NC(=O)COc3ccc(C(C)C)cc3)nc2n1C(C)C. The first-order valence-corrected chi connectivity index (χ1v) is 11.3. The number of anilines is 2. The van der Waals surface area contributed by atoms with Gasteiger partial charge in [-0.1, -0.05) is 32.9 Å². The summed E-state index contributed by atoms with van der Waals surface area (Å²) in [7, 11) is 0. The number of ether oxygens (including phenoxy) is 1. The molecular weight excluding hydrogens is 422 g/mol. The third-order valence-corrected chi connectivity index (χ3v) is 5.08. The van der Waals surface area contributed by atoms with Gasteiger partial charge in [0.05, 0.1) is 0 Å². The van der Waals surface area contributed by atoms with E-state index in [4.69, 9.17) is 4.74 Å². The molecular formula is C23H33N7O3. The first-order chi connectivity index (χ1) is 15.8. The highest BCUT2D eigenvalue weighted by Crippen LogP contribution is 2.22. The van der Waals surface area contributed by atoms with Crippen molar-refractivity contribution in [3.63, 3.8) is 0 Å². The fourth-order valence-corrected chi connectivity index (χ4v) is 3.36. The maximum atomic E-state index is 12.6. The van der Waals surface area contributed by atoms with Crippen LogP contribution in [0.25, 0.3) is 11.2 Å². The van der Waals surface area contributed by atoms with Gasteiger partial charge in [-0.25, -0.2) is 4.98 Å². The largest absolute Gasteiger partial charge is 0.484 e. The minimum absolute atomic E-state index is 0.00614. The van der Waals surface area contributed by atoms with Crippen LogP contribution < -0.4 is 26.2 Å². The van der Waals surface area contributed by atoms with E-state index in [1.54, 1.807) is 0 Å².